The number of phenolic OH excluding ortho intramolecular Hbond substituents is 2. The number of aliphatic hydroxyl groups excluding tert-OH is 1. The van der Waals surface area contributed by atoms with E-state index in [0.29, 0.717) is 16.7 Å². The van der Waals surface area contributed by atoms with Crippen LogP contribution in [0.25, 0.3) is 0 Å². The maximum Gasteiger partial charge on any atom is 0.328 e. The van der Waals surface area contributed by atoms with Gasteiger partial charge >= 0.3 is 11.9 Å². The topological polar surface area (TPSA) is 690 Å². The summed E-state index contributed by atoms with van der Waals surface area (Å²) in [6.07, 6.45) is 4.01. The molecule has 2 aromatic heterocycles. The van der Waals surface area contributed by atoms with E-state index in [9.17, 15) is 73.5 Å². The molecule has 728 valence electrons. The van der Waals surface area contributed by atoms with Crippen molar-refractivity contribution in [1.82, 2.24) is 99.3 Å². The first kappa shape index (κ1) is 109. The number of carboxylic acid groups (broad SMARTS) is 3. The summed E-state index contributed by atoms with van der Waals surface area (Å²) >= 11 is 0. The fourth-order valence-corrected chi connectivity index (χ4v) is 14.3. The molecule has 0 bridgehead atoms. The summed E-state index contributed by atoms with van der Waals surface area (Å²) in [6.45, 7) is 18.0. The van der Waals surface area contributed by atoms with Crippen LogP contribution < -0.4 is 80.2 Å². The van der Waals surface area contributed by atoms with Crippen LogP contribution in [-0.4, -0.2) is 266 Å². The van der Waals surface area contributed by atoms with E-state index < -0.39 is 222 Å². The van der Waals surface area contributed by atoms with Crippen molar-refractivity contribution in [3.63, 3.8) is 0 Å². The van der Waals surface area contributed by atoms with Crippen LogP contribution in [0.5, 0.6) is 11.5 Å². The van der Waals surface area contributed by atoms with Gasteiger partial charge in [0, 0.05) is 71.4 Å². The van der Waals surface area contributed by atoms with Gasteiger partial charge in [-0.1, -0.05) is 130 Å². The molecule has 44 nitrogen and oxygen atoms in total. The number of hydrogen-bond donors (Lipinski definition) is 24. The number of carbonyl (C=O) groups is 17. The van der Waals surface area contributed by atoms with Crippen molar-refractivity contribution in [2.45, 2.75) is 251 Å². The van der Waals surface area contributed by atoms with Crippen molar-refractivity contribution in [3.8, 4) is 11.5 Å². The normalized spacial score (nSPS) is 15.4. The number of nitrogens with zero attached hydrogens (tertiary/aromatic N) is 3. The molecule has 3 aromatic carbocycles. The van der Waals surface area contributed by atoms with E-state index in [-0.39, 0.29) is 125 Å². The van der Waals surface area contributed by atoms with E-state index >= 15 is 28.8 Å². The standard InChI is InChI=1S/C87H125N21O21.C2H4O2/c1-12-49(10)72(107-80(122)63(36-53-24-28-57(112)29-25-53)102-82(124)70(47(6)7)105-73(115)58(20-16-30-92-87(88)89)96-78(120)65(39-69(113)114)95-50(11)110)84(126)103-66(38-55-41-91-44-94-55)85(127)108-31-17-21-68(108)81(123)100-61(34-51-18-14-13-15-19-51)75(117)99-64(37-54-40-90-43-93-54)77(119)97-59(32-45(2)3)74(116)98-60(33-46(4)5)79(121)106-71(48(8)9)83(125)101-62(35-52-22-26-56(111)27-23-52)76(118)104-67(42-109)86(128)129;1-2(3)4/h13-15,18-19,22-29,40-41,43-49,58-68,70-72,109,111-112H,12,16-17,20-21,30-39,42H2,1-11H3,(H,90,93)(H,91,94)(H,95,110)(H,96,120)(H,97,119)(H,98,116)(H,99,117)(H,100,123)(H,101,125)(H,102,124)(H,103,126)(H,104,118)(H,105,115)(H,106,121)(H,107,122)(H,113,114)(H,128,129)(H4,88,89,92);1H3,(H,3,4). The largest absolute Gasteiger partial charge is 0.508 e. The number of aromatic hydroxyl groups is 2. The number of guanidine groups is 1. The number of likely N-dealkylation sites (tertiary alicyclic amines) is 1. The Bertz CT molecular complexity index is 4710. The Morgan fingerprint density at radius 1 is 0.466 bits per heavy atom. The first-order valence-corrected chi connectivity index (χ1v) is 43.9. The van der Waals surface area contributed by atoms with Crippen LogP contribution in [0.3, 0.4) is 0 Å². The van der Waals surface area contributed by atoms with E-state index in [1.165, 1.54) is 78.5 Å². The minimum Gasteiger partial charge on any atom is -0.508 e. The second-order valence-electron chi connectivity index (χ2n) is 34.2. The Hall–Kier alpha value is -14.1. The third-order valence-electron chi connectivity index (χ3n) is 21.4. The molecule has 15 unspecified atom stereocenters. The van der Waals surface area contributed by atoms with Crippen molar-refractivity contribution in [3.05, 3.63) is 132 Å². The van der Waals surface area contributed by atoms with Gasteiger partial charge in [-0.25, -0.2) is 14.8 Å². The number of nitrogens with one attached hydrogen (secondary N) is 17. The number of benzene rings is 3. The molecule has 0 saturated carbocycles. The second-order valence-corrected chi connectivity index (χ2v) is 34.2. The highest BCUT2D eigenvalue weighted by Gasteiger charge is 2.44. The average molecular weight is 1860 g/mol. The first-order valence-electron chi connectivity index (χ1n) is 43.9. The smallest absolute Gasteiger partial charge is 0.328 e. The van der Waals surface area contributed by atoms with Crippen molar-refractivity contribution >= 4 is 107 Å². The number of carboxylic acids is 3. The molecule has 5 aromatic rings. The van der Waals surface area contributed by atoms with Crippen molar-refractivity contribution in [2.24, 2.45) is 35.3 Å². The van der Waals surface area contributed by atoms with Gasteiger partial charge in [0.2, 0.25) is 82.7 Å². The number of aromatic amines is 2. The van der Waals surface area contributed by atoms with E-state index in [2.05, 4.69) is 94.4 Å². The number of amides is 14. The van der Waals surface area contributed by atoms with E-state index in [0.717, 1.165) is 13.8 Å². The maximum absolute atomic E-state index is 15.4. The lowest BCUT2D eigenvalue weighted by atomic mass is 9.96. The number of phenols is 2. The van der Waals surface area contributed by atoms with E-state index in [1.54, 1.807) is 99.6 Å². The van der Waals surface area contributed by atoms with Crippen LogP contribution in [-0.2, 0) is 114 Å². The summed E-state index contributed by atoms with van der Waals surface area (Å²) in [5.74, 6) is -19.5. The lowest BCUT2D eigenvalue weighted by Gasteiger charge is -2.32. The SMILES string of the molecule is CC(=O)O.CCC(C)C(NC(=O)C(Cc1ccc(O)cc1)NC(=O)C(NC(=O)C(CCCNC(=N)N)NC(=O)C(CC(=O)O)NC(C)=O)C(C)C)C(=O)NC(Cc1c[nH]cn1)C(=O)N1CCCC1C(=O)NC(Cc1ccccc1)C(=O)NC(Cc1c[nH]cn1)C(=O)NC(CC(C)C)C(=O)NC(CC(C)C)C(=O)NC(C(=O)NC(Cc1ccc(O)cc1)C(=O)NC(CO)C(=O)O)C(C)C. The number of aliphatic hydroxyl groups is 1. The third kappa shape index (κ3) is 37.7. The number of aliphatic carboxylic acids is 3. The van der Waals surface area contributed by atoms with Crippen molar-refractivity contribution in [1.29, 1.82) is 5.41 Å². The molecule has 0 aliphatic carbocycles. The molecule has 44 heteroatoms. The van der Waals surface area contributed by atoms with E-state index in [4.69, 9.17) is 21.0 Å². The van der Waals surface area contributed by atoms with Gasteiger partial charge in [-0.3, -0.25) is 82.1 Å². The number of nitrogens with two attached hydrogens (primary N) is 1. The molecular formula is C89H129N21O23. The molecule has 15 atom stereocenters. The minimum atomic E-state index is -1.74. The Labute approximate surface area is 769 Å². The van der Waals surface area contributed by atoms with Crippen LogP contribution in [0.15, 0.2) is 104 Å². The molecule has 1 aliphatic heterocycles. The molecule has 3 heterocycles. The monoisotopic (exact) mass is 1860 g/mol. The van der Waals surface area contributed by atoms with Gasteiger partial charge in [0.05, 0.1) is 37.1 Å². The molecule has 1 fully saturated rings. The molecule has 14 amide bonds. The average Bonchev–Trinajstić information content (AvgIpc) is 1.66. The fraction of sp³-hybridized carbons (Fsp3) is 0.528. The molecule has 0 spiro atoms. The number of H-pyrrole nitrogens is 2. The Balaban J connectivity index is 0.00000765. The van der Waals surface area contributed by atoms with Gasteiger partial charge in [0.25, 0.3) is 5.97 Å². The molecule has 1 saturated heterocycles. The summed E-state index contributed by atoms with van der Waals surface area (Å²) in [5, 5.41) is 101. The van der Waals surface area contributed by atoms with E-state index in [1.807, 2.05) is 0 Å². The Morgan fingerprint density at radius 2 is 0.842 bits per heavy atom. The van der Waals surface area contributed by atoms with Gasteiger partial charge in [-0.2, -0.15) is 0 Å². The number of aromatic nitrogens is 4. The Morgan fingerprint density at radius 3 is 1.26 bits per heavy atom. The van der Waals surface area contributed by atoms with Crippen LogP contribution >= 0.6 is 0 Å². The van der Waals surface area contributed by atoms with Gasteiger partial charge in [0.1, 0.15) is 96.1 Å². The summed E-state index contributed by atoms with van der Waals surface area (Å²) in [4.78, 5) is 251. The summed E-state index contributed by atoms with van der Waals surface area (Å²) < 4.78 is 0. The van der Waals surface area contributed by atoms with Gasteiger partial charge in [0.15, 0.2) is 5.96 Å². The van der Waals surface area contributed by atoms with Crippen molar-refractivity contribution < 1.29 is 112 Å². The molecule has 1 aliphatic rings. The summed E-state index contributed by atoms with van der Waals surface area (Å²) in [5.41, 5.74) is 7.41. The van der Waals surface area contributed by atoms with Crippen LogP contribution in [0, 0.1) is 35.0 Å². The predicted octanol–water partition coefficient (Wildman–Crippen LogP) is -1.27. The molecule has 25 N–H and O–H groups in total. The second kappa shape index (κ2) is 54.5. The van der Waals surface area contributed by atoms with Gasteiger partial charge in [-0.15, -0.1) is 0 Å². The fourth-order valence-electron chi connectivity index (χ4n) is 14.3. The molecule has 6 rings (SSSR count). The van der Waals surface area contributed by atoms with Gasteiger partial charge in [-0.05, 0) is 109 Å². The highest BCUT2D eigenvalue weighted by molar-refractivity contribution is 6.01. The minimum absolute atomic E-state index is 0.00135. The molecule has 133 heavy (non-hydrogen) atoms. The zero-order valence-electron chi connectivity index (χ0n) is 76.6. The zero-order valence-corrected chi connectivity index (χ0v) is 76.6. The van der Waals surface area contributed by atoms with Gasteiger partial charge < -0.3 is 126 Å². The summed E-state index contributed by atoms with van der Waals surface area (Å²) in [7, 11) is 0. The van der Waals surface area contributed by atoms with Crippen molar-refractivity contribution in [2.75, 3.05) is 19.7 Å². The predicted molar refractivity (Wildman–Crippen MR) is 481 cm³/mol. The first-order chi connectivity index (χ1) is 62.8. The highest BCUT2D eigenvalue weighted by atomic mass is 16.4. The van der Waals surface area contributed by atoms with Crippen LogP contribution in [0.2, 0.25) is 0 Å². The number of rotatable bonds is 52. The highest BCUT2D eigenvalue weighted by Crippen LogP contribution is 2.24. The Kier molecular flexibility index (Phi) is 44.9. The quantitative estimate of drug-likeness (QED) is 0.0123. The van der Waals surface area contributed by atoms with Crippen LogP contribution in [0.1, 0.15) is 163 Å². The molecular weight excluding hydrogens is 1730 g/mol. The number of carbonyl (C=O) groups excluding carboxylic acids is 14. The third-order valence-corrected chi connectivity index (χ3v) is 21.4. The lowest BCUT2D eigenvalue weighted by molar-refractivity contribution is -0.143. The lowest BCUT2D eigenvalue weighted by Crippen LogP contribution is -2.62. The number of imidazole rings is 2. The number of hydrogen-bond acceptors (Lipinski definition) is 23. The zero-order chi connectivity index (χ0) is 99.0. The molecule has 0 radical (unpaired) electrons. The van der Waals surface area contributed by atoms with Crippen LogP contribution in [0.4, 0.5) is 0 Å². The summed E-state index contributed by atoms with van der Waals surface area (Å²) in [6, 6.07) is -0.950. The maximum atomic E-state index is 15.4.